The first-order valence-electron chi connectivity index (χ1n) is 8.69. The molecule has 0 radical (unpaired) electrons. The summed E-state index contributed by atoms with van der Waals surface area (Å²) in [7, 11) is 0. The van der Waals surface area contributed by atoms with Gasteiger partial charge in [0.1, 0.15) is 23.9 Å². The Bertz CT molecular complexity index is 1140. The molecule has 7 heteroatoms. The second-order valence-corrected chi connectivity index (χ2v) is 6.36. The number of allylic oxidation sites excluding steroid dienone is 1. The quantitative estimate of drug-likeness (QED) is 0.350. The van der Waals surface area contributed by atoms with Crippen molar-refractivity contribution < 1.29 is 23.6 Å². The lowest BCUT2D eigenvalue weighted by atomic mass is 10.1. The first kappa shape index (κ1) is 18.4. The molecule has 0 saturated carbocycles. The summed E-state index contributed by atoms with van der Waals surface area (Å²) in [5.41, 5.74) is 1.70. The molecule has 0 N–H and O–H groups in total. The monoisotopic (exact) mass is 391 g/mol. The van der Waals surface area contributed by atoms with E-state index in [2.05, 4.69) is 0 Å². The zero-order valence-electron chi connectivity index (χ0n) is 15.0. The van der Waals surface area contributed by atoms with E-state index < -0.39 is 10.7 Å². The average molecular weight is 391 g/mol. The molecule has 1 aliphatic rings. The highest BCUT2D eigenvalue weighted by Crippen LogP contribution is 2.35. The first-order chi connectivity index (χ1) is 14.0. The number of hydrogen-bond acceptors (Lipinski definition) is 5. The van der Waals surface area contributed by atoms with Crippen molar-refractivity contribution in [2.24, 2.45) is 0 Å². The molecule has 3 aromatic carbocycles. The van der Waals surface area contributed by atoms with Crippen LogP contribution in [0.15, 0.2) is 72.5 Å². The van der Waals surface area contributed by atoms with Gasteiger partial charge in [0.05, 0.1) is 10.5 Å². The van der Waals surface area contributed by atoms with E-state index in [4.69, 9.17) is 9.47 Å². The molecule has 6 nitrogen and oxygen atoms in total. The van der Waals surface area contributed by atoms with E-state index in [-0.39, 0.29) is 23.8 Å². The van der Waals surface area contributed by atoms with Crippen LogP contribution in [0.25, 0.3) is 6.08 Å². The fourth-order valence-electron chi connectivity index (χ4n) is 2.89. The second-order valence-electron chi connectivity index (χ2n) is 6.36. The first-order valence-corrected chi connectivity index (χ1v) is 8.69. The molecular formula is C22H14FNO5. The highest BCUT2D eigenvalue weighted by molar-refractivity contribution is 6.14. The van der Waals surface area contributed by atoms with Crippen molar-refractivity contribution in [2.75, 3.05) is 0 Å². The maximum atomic E-state index is 13.3. The number of ketones is 1. The van der Waals surface area contributed by atoms with Crippen molar-refractivity contribution in [2.45, 2.75) is 6.61 Å². The predicted octanol–water partition coefficient (Wildman–Crippen LogP) is 4.93. The van der Waals surface area contributed by atoms with Crippen molar-refractivity contribution >= 4 is 17.5 Å². The van der Waals surface area contributed by atoms with E-state index in [1.807, 2.05) is 0 Å². The number of ether oxygens (including phenoxy) is 2. The lowest BCUT2D eigenvalue weighted by Crippen LogP contribution is -1.98. The minimum Gasteiger partial charge on any atom is -0.489 e. The fourth-order valence-corrected chi connectivity index (χ4v) is 2.89. The summed E-state index contributed by atoms with van der Waals surface area (Å²) in [4.78, 5) is 22.7. The number of carbonyl (C=O) groups is 1. The van der Waals surface area contributed by atoms with Crippen LogP contribution in [0.2, 0.25) is 0 Å². The van der Waals surface area contributed by atoms with Gasteiger partial charge in [0, 0.05) is 18.2 Å². The van der Waals surface area contributed by atoms with E-state index in [9.17, 15) is 19.3 Å². The maximum absolute atomic E-state index is 13.3. The normalized spacial score (nSPS) is 13.8. The summed E-state index contributed by atoms with van der Waals surface area (Å²) in [6, 6.07) is 16.8. The second kappa shape index (κ2) is 7.55. The molecule has 1 aliphatic heterocycles. The number of nitro benzene ring substituents is 1. The molecule has 144 valence electrons. The molecule has 0 spiro atoms. The molecule has 0 atom stereocenters. The number of Topliss-reactive ketones (excluding diaryl/α,β-unsaturated/α-hetero) is 1. The summed E-state index contributed by atoms with van der Waals surface area (Å²) in [6.45, 7) is 0.205. The van der Waals surface area contributed by atoms with Gasteiger partial charge in [-0.1, -0.05) is 12.1 Å². The Kier molecular flexibility index (Phi) is 4.78. The molecule has 0 bridgehead atoms. The zero-order chi connectivity index (χ0) is 20.4. The van der Waals surface area contributed by atoms with E-state index in [0.717, 1.165) is 5.56 Å². The molecule has 0 aromatic heterocycles. The highest BCUT2D eigenvalue weighted by Gasteiger charge is 2.27. The van der Waals surface area contributed by atoms with E-state index >= 15 is 0 Å². The van der Waals surface area contributed by atoms with Crippen LogP contribution >= 0.6 is 0 Å². The molecule has 3 aromatic rings. The predicted molar refractivity (Wildman–Crippen MR) is 103 cm³/mol. The van der Waals surface area contributed by atoms with Gasteiger partial charge in [-0.15, -0.1) is 0 Å². The van der Waals surface area contributed by atoms with E-state index in [1.165, 1.54) is 30.3 Å². The highest BCUT2D eigenvalue weighted by atomic mass is 19.1. The van der Waals surface area contributed by atoms with Crippen molar-refractivity contribution in [1.82, 2.24) is 0 Å². The van der Waals surface area contributed by atoms with Crippen LogP contribution in [-0.4, -0.2) is 10.7 Å². The number of rotatable bonds is 5. The largest absolute Gasteiger partial charge is 0.489 e. The Morgan fingerprint density at radius 1 is 1.07 bits per heavy atom. The summed E-state index contributed by atoms with van der Waals surface area (Å²) < 4.78 is 24.7. The molecular weight excluding hydrogens is 377 g/mol. The average Bonchev–Trinajstić information content (AvgIpc) is 3.01. The van der Waals surface area contributed by atoms with Gasteiger partial charge < -0.3 is 9.47 Å². The summed E-state index contributed by atoms with van der Waals surface area (Å²) in [5, 5.41) is 10.7. The van der Waals surface area contributed by atoms with Gasteiger partial charge in [-0.05, 0) is 53.6 Å². The van der Waals surface area contributed by atoms with Crippen LogP contribution in [0, 0.1) is 15.9 Å². The maximum Gasteiger partial charge on any atom is 0.269 e. The van der Waals surface area contributed by atoms with Crippen LogP contribution in [0.1, 0.15) is 21.5 Å². The molecule has 1 heterocycles. The zero-order valence-corrected chi connectivity index (χ0v) is 15.0. The van der Waals surface area contributed by atoms with Crippen molar-refractivity contribution in [3.05, 3.63) is 105 Å². The molecule has 0 amide bonds. The van der Waals surface area contributed by atoms with E-state index in [1.54, 1.807) is 42.5 Å². The standard InChI is InChI=1S/C22H14FNO5/c23-16-3-1-2-15(10-16)11-21-22(25)19-9-8-18(12-20(19)29-21)28-13-14-4-6-17(7-5-14)24(26)27/h1-12H,13H2/b21-11+. The van der Waals surface area contributed by atoms with Gasteiger partial charge in [0.15, 0.2) is 5.76 Å². The molecule has 0 aliphatic carbocycles. The van der Waals surface area contributed by atoms with Gasteiger partial charge in [0.2, 0.25) is 5.78 Å². The number of carbonyl (C=O) groups excluding carboxylic acids is 1. The van der Waals surface area contributed by atoms with Crippen molar-refractivity contribution in [1.29, 1.82) is 0 Å². The van der Waals surface area contributed by atoms with Crippen LogP contribution in [0.3, 0.4) is 0 Å². The number of benzene rings is 3. The summed E-state index contributed by atoms with van der Waals surface area (Å²) in [6.07, 6.45) is 1.49. The minimum atomic E-state index is -0.464. The molecule has 0 saturated heterocycles. The Morgan fingerprint density at radius 2 is 1.86 bits per heavy atom. The lowest BCUT2D eigenvalue weighted by Gasteiger charge is -2.07. The minimum absolute atomic E-state index is 0.0100. The van der Waals surface area contributed by atoms with Crippen LogP contribution in [0.4, 0.5) is 10.1 Å². The summed E-state index contributed by atoms with van der Waals surface area (Å²) in [5.74, 6) is 0.273. The smallest absolute Gasteiger partial charge is 0.269 e. The Morgan fingerprint density at radius 3 is 2.59 bits per heavy atom. The number of nitro groups is 1. The SMILES string of the molecule is O=C1/C(=C\c2cccc(F)c2)Oc2cc(OCc3ccc([N+](=O)[O-])cc3)ccc21. The number of halogens is 1. The Labute approximate surface area is 165 Å². The van der Waals surface area contributed by atoms with Crippen LogP contribution < -0.4 is 9.47 Å². The van der Waals surface area contributed by atoms with Gasteiger partial charge >= 0.3 is 0 Å². The van der Waals surface area contributed by atoms with Gasteiger partial charge in [-0.25, -0.2) is 4.39 Å². The third-order valence-corrected chi connectivity index (χ3v) is 4.34. The van der Waals surface area contributed by atoms with Gasteiger partial charge in [0.25, 0.3) is 5.69 Å². The molecule has 0 unspecified atom stereocenters. The third-order valence-electron chi connectivity index (χ3n) is 4.34. The number of hydrogen-bond donors (Lipinski definition) is 0. The fraction of sp³-hybridized carbons (Fsp3) is 0.0455. The Balaban J connectivity index is 1.48. The van der Waals surface area contributed by atoms with Crippen LogP contribution in [0.5, 0.6) is 11.5 Å². The topological polar surface area (TPSA) is 78.7 Å². The van der Waals surface area contributed by atoms with Gasteiger partial charge in [-0.2, -0.15) is 0 Å². The van der Waals surface area contributed by atoms with Crippen molar-refractivity contribution in [3.8, 4) is 11.5 Å². The number of nitrogens with zero attached hydrogens (tertiary/aromatic N) is 1. The van der Waals surface area contributed by atoms with Crippen molar-refractivity contribution in [3.63, 3.8) is 0 Å². The number of non-ortho nitro benzene ring substituents is 1. The molecule has 0 fully saturated rings. The van der Waals surface area contributed by atoms with E-state index in [0.29, 0.717) is 22.6 Å². The van der Waals surface area contributed by atoms with Gasteiger partial charge in [-0.3, -0.25) is 14.9 Å². The third kappa shape index (κ3) is 3.98. The Hall–Kier alpha value is -4.00. The molecule has 29 heavy (non-hydrogen) atoms. The summed E-state index contributed by atoms with van der Waals surface area (Å²) >= 11 is 0. The molecule has 4 rings (SSSR count). The van der Waals surface area contributed by atoms with Crippen LogP contribution in [-0.2, 0) is 6.61 Å². The number of fused-ring (bicyclic) bond motifs is 1. The lowest BCUT2D eigenvalue weighted by molar-refractivity contribution is -0.384.